The van der Waals surface area contributed by atoms with Gasteiger partial charge in [-0.25, -0.2) is 0 Å². The molecule has 146 valence electrons. The van der Waals surface area contributed by atoms with Crippen LogP contribution in [0.3, 0.4) is 0 Å². The van der Waals surface area contributed by atoms with Crippen molar-refractivity contribution in [2.24, 2.45) is 0 Å². The minimum atomic E-state index is -4.41. The zero-order valence-corrected chi connectivity index (χ0v) is 16.4. The smallest absolute Gasteiger partial charge is 0.316 e. The molecule has 1 heterocycles. The average molecular weight is 384 g/mol. The summed E-state index contributed by atoms with van der Waals surface area (Å²) < 4.78 is 40.2. The van der Waals surface area contributed by atoms with Gasteiger partial charge in [0.15, 0.2) is 0 Å². The summed E-state index contributed by atoms with van der Waals surface area (Å²) in [6.45, 7) is 6.61. The molecule has 0 spiro atoms. The number of hydrogen-bond donors (Lipinski definition) is 1. The maximum atomic E-state index is 13.4. The Labute approximate surface area is 163 Å². The molecular weight excluding hydrogens is 361 g/mol. The number of nitrogens with zero attached hydrogens (tertiary/aromatic N) is 1. The Bertz CT molecular complexity index is 984. The topological polar surface area (TPSA) is 24.9 Å². The largest absolute Gasteiger partial charge is 0.416 e. The van der Waals surface area contributed by atoms with Crippen LogP contribution >= 0.6 is 0 Å². The molecule has 1 N–H and O–H groups in total. The molecule has 0 aliphatic rings. The molecule has 3 rings (SSSR count). The summed E-state index contributed by atoms with van der Waals surface area (Å²) in [6, 6.07) is 11.7. The molecule has 2 aromatic carbocycles. The van der Waals surface area contributed by atoms with E-state index in [1.54, 1.807) is 12.3 Å². The van der Waals surface area contributed by atoms with Gasteiger partial charge in [-0.3, -0.25) is 4.98 Å². The SMILES string of the molecule is CNCc1ccnc(-c2cc(C(F)(F)F)ccc2-c2c(C)cc(C)cc2C)c1. The Hall–Kier alpha value is -2.66. The minimum Gasteiger partial charge on any atom is -0.316 e. The van der Waals surface area contributed by atoms with Gasteiger partial charge < -0.3 is 5.32 Å². The maximum Gasteiger partial charge on any atom is 0.416 e. The van der Waals surface area contributed by atoms with Crippen LogP contribution in [0.1, 0.15) is 27.8 Å². The second-order valence-electron chi connectivity index (χ2n) is 7.11. The molecule has 0 saturated heterocycles. The van der Waals surface area contributed by atoms with Crippen molar-refractivity contribution < 1.29 is 13.2 Å². The second kappa shape index (κ2) is 7.76. The lowest BCUT2D eigenvalue weighted by atomic mass is 9.88. The van der Waals surface area contributed by atoms with E-state index in [0.717, 1.165) is 39.4 Å². The van der Waals surface area contributed by atoms with Gasteiger partial charge in [0.25, 0.3) is 0 Å². The third-order valence-electron chi connectivity index (χ3n) is 4.77. The number of pyridine rings is 1. The molecule has 0 bridgehead atoms. The standard InChI is InChI=1S/C23H23F3N2/c1-14-9-15(2)22(16(3)10-14)19-6-5-18(23(24,25)26)12-20(19)21-11-17(13-27-4)7-8-28-21/h5-12,27H,13H2,1-4H3. The fraction of sp³-hybridized carbons (Fsp3) is 0.261. The molecule has 0 amide bonds. The summed E-state index contributed by atoms with van der Waals surface area (Å²) in [5.41, 5.74) is 6.22. The predicted molar refractivity (Wildman–Crippen MR) is 107 cm³/mol. The van der Waals surface area contributed by atoms with E-state index in [9.17, 15) is 13.2 Å². The van der Waals surface area contributed by atoms with E-state index in [2.05, 4.69) is 22.4 Å². The van der Waals surface area contributed by atoms with Crippen molar-refractivity contribution in [3.63, 3.8) is 0 Å². The Kier molecular flexibility index (Phi) is 5.57. The van der Waals surface area contributed by atoms with Crippen molar-refractivity contribution >= 4 is 0 Å². The summed E-state index contributed by atoms with van der Waals surface area (Å²) in [5.74, 6) is 0. The fourth-order valence-electron chi connectivity index (χ4n) is 3.69. The quantitative estimate of drug-likeness (QED) is 0.590. The molecule has 0 fully saturated rings. The van der Waals surface area contributed by atoms with Crippen LogP contribution in [0, 0.1) is 20.8 Å². The lowest BCUT2D eigenvalue weighted by molar-refractivity contribution is -0.137. The van der Waals surface area contributed by atoms with Crippen LogP contribution < -0.4 is 5.32 Å². The number of benzene rings is 2. The normalized spacial score (nSPS) is 11.7. The van der Waals surface area contributed by atoms with E-state index >= 15 is 0 Å². The van der Waals surface area contributed by atoms with Crippen LogP contribution in [0.4, 0.5) is 13.2 Å². The van der Waals surface area contributed by atoms with Crippen molar-refractivity contribution in [3.05, 3.63) is 76.5 Å². The van der Waals surface area contributed by atoms with E-state index < -0.39 is 11.7 Å². The van der Waals surface area contributed by atoms with Crippen molar-refractivity contribution in [1.82, 2.24) is 10.3 Å². The lowest BCUT2D eigenvalue weighted by Crippen LogP contribution is -2.07. The summed E-state index contributed by atoms with van der Waals surface area (Å²) in [5, 5.41) is 3.06. The zero-order chi connectivity index (χ0) is 20.5. The van der Waals surface area contributed by atoms with Gasteiger partial charge in [-0.1, -0.05) is 23.8 Å². The third kappa shape index (κ3) is 4.09. The lowest BCUT2D eigenvalue weighted by Gasteiger charge is -2.18. The first-order valence-corrected chi connectivity index (χ1v) is 9.10. The van der Waals surface area contributed by atoms with Gasteiger partial charge in [-0.15, -0.1) is 0 Å². The number of rotatable bonds is 4. The highest BCUT2D eigenvalue weighted by atomic mass is 19.4. The van der Waals surface area contributed by atoms with Gasteiger partial charge in [-0.05, 0) is 79.9 Å². The fourth-order valence-corrected chi connectivity index (χ4v) is 3.69. The summed E-state index contributed by atoms with van der Waals surface area (Å²) in [6.07, 6.45) is -2.77. The maximum absolute atomic E-state index is 13.4. The molecule has 0 saturated carbocycles. The van der Waals surface area contributed by atoms with E-state index in [1.165, 1.54) is 6.07 Å². The third-order valence-corrected chi connectivity index (χ3v) is 4.77. The molecular formula is C23H23F3N2. The van der Waals surface area contributed by atoms with Crippen LogP contribution in [0.2, 0.25) is 0 Å². The Morgan fingerprint density at radius 1 is 0.893 bits per heavy atom. The van der Waals surface area contributed by atoms with Gasteiger partial charge in [0.05, 0.1) is 11.3 Å². The summed E-state index contributed by atoms with van der Waals surface area (Å²) >= 11 is 0. The van der Waals surface area contributed by atoms with Crippen molar-refractivity contribution in [3.8, 4) is 22.4 Å². The van der Waals surface area contributed by atoms with E-state index in [-0.39, 0.29) is 0 Å². The highest BCUT2D eigenvalue weighted by Crippen LogP contribution is 2.40. The van der Waals surface area contributed by atoms with Crippen LogP contribution in [0.15, 0.2) is 48.7 Å². The van der Waals surface area contributed by atoms with Crippen LogP contribution in [-0.4, -0.2) is 12.0 Å². The Balaban J connectivity index is 2.29. The van der Waals surface area contributed by atoms with Crippen LogP contribution in [0.25, 0.3) is 22.4 Å². The van der Waals surface area contributed by atoms with Crippen molar-refractivity contribution in [1.29, 1.82) is 0 Å². The average Bonchev–Trinajstić information content (AvgIpc) is 2.61. The number of alkyl halides is 3. The van der Waals surface area contributed by atoms with Gasteiger partial charge in [0.1, 0.15) is 0 Å². The van der Waals surface area contributed by atoms with Crippen molar-refractivity contribution in [2.45, 2.75) is 33.5 Å². The molecule has 0 aliphatic heterocycles. The van der Waals surface area contributed by atoms with E-state index in [0.29, 0.717) is 17.8 Å². The van der Waals surface area contributed by atoms with Crippen molar-refractivity contribution in [2.75, 3.05) is 7.05 Å². The molecule has 28 heavy (non-hydrogen) atoms. The first-order valence-electron chi connectivity index (χ1n) is 9.10. The Morgan fingerprint density at radius 3 is 2.18 bits per heavy atom. The van der Waals surface area contributed by atoms with E-state index in [1.807, 2.05) is 40.0 Å². The highest BCUT2D eigenvalue weighted by molar-refractivity contribution is 5.85. The predicted octanol–water partition coefficient (Wildman–Crippen LogP) is 6.08. The summed E-state index contributed by atoms with van der Waals surface area (Å²) in [7, 11) is 1.83. The molecule has 0 aliphatic carbocycles. The number of aromatic nitrogens is 1. The van der Waals surface area contributed by atoms with Crippen LogP contribution in [-0.2, 0) is 12.7 Å². The molecule has 0 radical (unpaired) electrons. The first-order chi connectivity index (χ1) is 13.2. The Morgan fingerprint density at radius 2 is 1.57 bits per heavy atom. The summed E-state index contributed by atoms with van der Waals surface area (Å²) in [4.78, 5) is 4.38. The highest BCUT2D eigenvalue weighted by Gasteiger charge is 2.31. The van der Waals surface area contributed by atoms with Crippen LogP contribution in [0.5, 0.6) is 0 Å². The van der Waals surface area contributed by atoms with E-state index in [4.69, 9.17) is 0 Å². The number of halogens is 3. The molecule has 0 unspecified atom stereocenters. The number of hydrogen-bond acceptors (Lipinski definition) is 2. The number of nitrogens with one attached hydrogen (secondary N) is 1. The molecule has 5 heteroatoms. The molecule has 3 aromatic rings. The first kappa shape index (κ1) is 20.1. The molecule has 2 nitrogen and oxygen atoms in total. The molecule has 0 atom stereocenters. The molecule has 1 aromatic heterocycles. The van der Waals surface area contributed by atoms with Gasteiger partial charge in [0.2, 0.25) is 0 Å². The second-order valence-corrected chi connectivity index (χ2v) is 7.11. The van der Waals surface area contributed by atoms with Gasteiger partial charge in [0, 0.05) is 18.3 Å². The van der Waals surface area contributed by atoms with Gasteiger partial charge in [-0.2, -0.15) is 13.2 Å². The zero-order valence-electron chi connectivity index (χ0n) is 16.4. The number of aryl methyl sites for hydroxylation is 3. The van der Waals surface area contributed by atoms with Gasteiger partial charge >= 0.3 is 6.18 Å². The monoisotopic (exact) mass is 384 g/mol. The minimum absolute atomic E-state index is 0.489.